The largest absolute Gasteiger partial charge is 0.379 e. The summed E-state index contributed by atoms with van der Waals surface area (Å²) in [4.78, 5) is 2.32. The van der Waals surface area contributed by atoms with Crippen LogP contribution in [0, 0.1) is 5.92 Å². The van der Waals surface area contributed by atoms with Gasteiger partial charge in [-0.2, -0.15) is 0 Å². The molecule has 0 fully saturated rings. The third-order valence-electron chi connectivity index (χ3n) is 2.65. The average Bonchev–Trinajstić information content (AvgIpc) is 2.12. The predicted octanol–water partition coefficient (Wildman–Crippen LogP) is 1.33. The van der Waals surface area contributed by atoms with Crippen LogP contribution in [0.4, 0.5) is 0 Å². The van der Waals surface area contributed by atoms with Crippen LogP contribution in [-0.2, 0) is 4.74 Å². The third-order valence-corrected chi connectivity index (χ3v) is 2.65. The number of ether oxygens (including phenoxy) is 1. The van der Waals surface area contributed by atoms with E-state index >= 15 is 0 Å². The summed E-state index contributed by atoms with van der Waals surface area (Å²) in [5, 5.41) is 0. The predicted molar refractivity (Wildman–Crippen MR) is 61.4 cm³/mol. The molecule has 0 aliphatic heterocycles. The average molecular weight is 202 g/mol. The summed E-state index contributed by atoms with van der Waals surface area (Å²) >= 11 is 0. The van der Waals surface area contributed by atoms with Gasteiger partial charge in [-0.1, -0.05) is 13.8 Å². The Kier molecular flexibility index (Phi) is 7.15. The molecule has 2 N–H and O–H groups in total. The van der Waals surface area contributed by atoms with E-state index in [9.17, 15) is 0 Å². The molecule has 2 atom stereocenters. The fourth-order valence-corrected chi connectivity index (χ4v) is 1.61. The van der Waals surface area contributed by atoms with Crippen LogP contribution in [0.15, 0.2) is 0 Å². The Morgan fingerprint density at radius 2 is 1.86 bits per heavy atom. The highest BCUT2D eigenvalue weighted by molar-refractivity contribution is 4.70. The zero-order valence-electron chi connectivity index (χ0n) is 10.3. The second-order valence-electron chi connectivity index (χ2n) is 4.51. The van der Waals surface area contributed by atoms with E-state index in [-0.39, 0.29) is 6.10 Å². The van der Waals surface area contributed by atoms with Crippen LogP contribution in [0.3, 0.4) is 0 Å². The van der Waals surface area contributed by atoms with E-state index in [1.54, 1.807) is 7.11 Å². The molecule has 0 aliphatic carbocycles. The number of hydrogen-bond donors (Lipinski definition) is 1. The van der Waals surface area contributed by atoms with Crippen LogP contribution in [0.25, 0.3) is 0 Å². The van der Waals surface area contributed by atoms with E-state index in [1.165, 1.54) is 6.42 Å². The number of likely N-dealkylation sites (N-methyl/N-ethyl adjacent to an activating group) is 1. The Morgan fingerprint density at radius 1 is 1.29 bits per heavy atom. The Hall–Kier alpha value is -0.120. The third kappa shape index (κ3) is 5.58. The Morgan fingerprint density at radius 3 is 2.21 bits per heavy atom. The molecule has 2 unspecified atom stereocenters. The van der Waals surface area contributed by atoms with Gasteiger partial charge < -0.3 is 15.4 Å². The molecule has 3 nitrogen and oxygen atoms in total. The molecule has 0 heterocycles. The molecule has 0 bridgehead atoms. The number of hydrogen-bond acceptors (Lipinski definition) is 3. The summed E-state index contributed by atoms with van der Waals surface area (Å²) in [5.41, 5.74) is 5.58. The minimum atomic E-state index is 0.162. The van der Waals surface area contributed by atoms with E-state index in [4.69, 9.17) is 10.5 Å². The Labute approximate surface area is 88.6 Å². The molecule has 0 saturated heterocycles. The summed E-state index contributed by atoms with van der Waals surface area (Å²) in [5.74, 6) is 0.742. The lowest BCUT2D eigenvalue weighted by Gasteiger charge is -2.29. The lowest BCUT2D eigenvalue weighted by molar-refractivity contribution is 0.0639. The zero-order chi connectivity index (χ0) is 11.1. The fourth-order valence-electron chi connectivity index (χ4n) is 1.61. The second-order valence-corrected chi connectivity index (χ2v) is 4.51. The summed E-state index contributed by atoms with van der Waals surface area (Å²) < 4.78 is 5.26. The van der Waals surface area contributed by atoms with Crippen LogP contribution < -0.4 is 5.73 Å². The standard InChI is InChI=1S/C11H26N2O/c1-9(2)6-10(3)13(4)8-11(7-12)14-5/h9-11H,6-8,12H2,1-5H3. The Balaban J connectivity index is 3.86. The highest BCUT2D eigenvalue weighted by Gasteiger charge is 2.14. The summed E-state index contributed by atoms with van der Waals surface area (Å²) in [6.45, 7) is 8.27. The Bertz CT molecular complexity index is 135. The first-order valence-corrected chi connectivity index (χ1v) is 5.44. The van der Waals surface area contributed by atoms with Gasteiger partial charge in [0.25, 0.3) is 0 Å². The van der Waals surface area contributed by atoms with Crippen LogP contribution in [-0.4, -0.2) is 44.3 Å². The van der Waals surface area contributed by atoms with E-state index < -0.39 is 0 Å². The van der Waals surface area contributed by atoms with Gasteiger partial charge >= 0.3 is 0 Å². The molecule has 14 heavy (non-hydrogen) atoms. The molecule has 0 rings (SSSR count). The second kappa shape index (κ2) is 7.21. The van der Waals surface area contributed by atoms with Crippen LogP contribution in [0.2, 0.25) is 0 Å². The van der Waals surface area contributed by atoms with Crippen molar-refractivity contribution >= 4 is 0 Å². The van der Waals surface area contributed by atoms with Crippen LogP contribution in [0.5, 0.6) is 0 Å². The van der Waals surface area contributed by atoms with E-state index in [0.29, 0.717) is 12.6 Å². The summed E-state index contributed by atoms with van der Waals surface area (Å²) in [7, 11) is 3.85. The SMILES string of the molecule is COC(CN)CN(C)C(C)CC(C)C. The number of rotatable bonds is 7. The lowest BCUT2D eigenvalue weighted by Crippen LogP contribution is -2.40. The van der Waals surface area contributed by atoms with Crippen molar-refractivity contribution in [3.05, 3.63) is 0 Å². The van der Waals surface area contributed by atoms with Gasteiger partial charge in [-0.05, 0) is 26.3 Å². The first-order valence-electron chi connectivity index (χ1n) is 5.44. The van der Waals surface area contributed by atoms with Crippen molar-refractivity contribution in [2.45, 2.75) is 39.3 Å². The van der Waals surface area contributed by atoms with Gasteiger partial charge in [0.05, 0.1) is 6.10 Å². The summed E-state index contributed by atoms with van der Waals surface area (Å²) in [6, 6.07) is 0.596. The summed E-state index contributed by atoms with van der Waals surface area (Å²) in [6.07, 6.45) is 1.38. The van der Waals surface area contributed by atoms with Crippen molar-refractivity contribution in [3.8, 4) is 0 Å². The lowest BCUT2D eigenvalue weighted by atomic mass is 10.0. The molecule has 3 heteroatoms. The first kappa shape index (κ1) is 13.9. The molecule has 0 aromatic heterocycles. The molecule has 0 aromatic rings. The van der Waals surface area contributed by atoms with Crippen molar-refractivity contribution in [2.24, 2.45) is 11.7 Å². The van der Waals surface area contributed by atoms with Gasteiger partial charge in [0.1, 0.15) is 0 Å². The molecular weight excluding hydrogens is 176 g/mol. The van der Waals surface area contributed by atoms with Crippen molar-refractivity contribution in [1.29, 1.82) is 0 Å². The highest BCUT2D eigenvalue weighted by Crippen LogP contribution is 2.10. The molecular formula is C11H26N2O. The molecule has 0 aromatic carbocycles. The molecule has 0 radical (unpaired) electrons. The molecule has 0 amide bonds. The fraction of sp³-hybridized carbons (Fsp3) is 1.00. The van der Waals surface area contributed by atoms with Gasteiger partial charge in [0.2, 0.25) is 0 Å². The normalized spacial score (nSPS) is 16.3. The minimum absolute atomic E-state index is 0.162. The highest BCUT2D eigenvalue weighted by atomic mass is 16.5. The van der Waals surface area contributed by atoms with Gasteiger partial charge in [0.15, 0.2) is 0 Å². The number of methoxy groups -OCH3 is 1. The van der Waals surface area contributed by atoms with Gasteiger partial charge in [-0.25, -0.2) is 0 Å². The van der Waals surface area contributed by atoms with Crippen LogP contribution in [0.1, 0.15) is 27.2 Å². The van der Waals surface area contributed by atoms with Crippen molar-refractivity contribution < 1.29 is 4.74 Å². The van der Waals surface area contributed by atoms with E-state index in [2.05, 4.69) is 32.7 Å². The monoisotopic (exact) mass is 202 g/mol. The topological polar surface area (TPSA) is 38.5 Å². The maximum atomic E-state index is 5.58. The van der Waals surface area contributed by atoms with Crippen molar-refractivity contribution in [3.63, 3.8) is 0 Å². The van der Waals surface area contributed by atoms with Crippen molar-refractivity contribution in [1.82, 2.24) is 4.90 Å². The molecule has 0 aliphatic rings. The molecule has 86 valence electrons. The minimum Gasteiger partial charge on any atom is -0.379 e. The van der Waals surface area contributed by atoms with Crippen LogP contribution >= 0.6 is 0 Å². The molecule has 0 spiro atoms. The smallest absolute Gasteiger partial charge is 0.0820 e. The van der Waals surface area contributed by atoms with Gasteiger partial charge in [-0.15, -0.1) is 0 Å². The van der Waals surface area contributed by atoms with Gasteiger partial charge in [-0.3, -0.25) is 0 Å². The maximum absolute atomic E-state index is 5.58. The van der Waals surface area contributed by atoms with E-state index in [0.717, 1.165) is 12.5 Å². The zero-order valence-corrected chi connectivity index (χ0v) is 10.3. The molecule has 0 saturated carbocycles. The quantitative estimate of drug-likeness (QED) is 0.677. The maximum Gasteiger partial charge on any atom is 0.0820 e. The number of nitrogens with zero attached hydrogens (tertiary/aromatic N) is 1. The van der Waals surface area contributed by atoms with Crippen molar-refractivity contribution in [2.75, 3.05) is 27.2 Å². The van der Waals surface area contributed by atoms with Gasteiger partial charge in [0, 0.05) is 26.2 Å². The van der Waals surface area contributed by atoms with E-state index in [1.807, 2.05) is 0 Å². The number of nitrogens with two attached hydrogens (primary N) is 1. The first-order chi connectivity index (χ1) is 6.51.